The minimum atomic E-state index is 0. The molecular weight excluding hydrogens is 361 g/mol. The molecule has 0 bridgehead atoms. The Hall–Kier alpha value is 0.739. The molecule has 12 heavy (non-hydrogen) atoms. The number of rotatable bonds is 0. The second-order valence-electron chi connectivity index (χ2n) is 1.96. The second kappa shape index (κ2) is 5.46. The van der Waals surface area contributed by atoms with Gasteiger partial charge in [0.25, 0.3) is 0 Å². The molecule has 0 N–H and O–H groups in total. The van der Waals surface area contributed by atoms with Crippen LogP contribution in [0.25, 0.3) is 10.2 Å². The molecule has 2 aromatic rings. The normalized spacial score (nSPS) is 8.75. The van der Waals surface area contributed by atoms with Gasteiger partial charge < -0.3 is 0 Å². The fraction of sp³-hybridized carbons (Fsp3) is 0. The zero-order valence-corrected chi connectivity index (χ0v) is 13.7. The van der Waals surface area contributed by atoms with Gasteiger partial charge in [0.15, 0.2) is 0 Å². The second-order valence-corrected chi connectivity index (χ2v) is 3.72. The van der Waals surface area contributed by atoms with E-state index in [1.807, 2.05) is 24.3 Å². The first-order chi connectivity index (χ1) is 4.86. The Bertz CT molecular complexity index is 330. The summed E-state index contributed by atoms with van der Waals surface area (Å²) in [6, 6.07) is 8.03. The SMILES string of the molecule is Br.Sc1nc2ccccc2s1.[SnH2]. The first-order valence-electron chi connectivity index (χ1n) is 2.91. The van der Waals surface area contributed by atoms with Crippen molar-refractivity contribution in [1.29, 1.82) is 0 Å². The molecule has 0 saturated carbocycles. The standard InChI is InChI=1S/C7H5NS2.BrH.Sn.2H/c9-7-8-5-3-1-2-4-6(5)10-7;;;;/h1-4H,(H,8,9);1H;;;. The molecule has 0 unspecified atom stereocenters. The monoisotopic (exact) mass is 369 g/mol. The van der Waals surface area contributed by atoms with Crippen molar-refractivity contribution in [3.05, 3.63) is 24.3 Å². The van der Waals surface area contributed by atoms with Crippen molar-refractivity contribution in [3.8, 4) is 0 Å². The van der Waals surface area contributed by atoms with Crippen LogP contribution in [0.2, 0.25) is 0 Å². The summed E-state index contributed by atoms with van der Waals surface area (Å²) in [6.07, 6.45) is 0. The van der Waals surface area contributed by atoms with E-state index < -0.39 is 0 Å². The van der Waals surface area contributed by atoms with Crippen molar-refractivity contribution >= 4 is 75.1 Å². The number of benzene rings is 1. The number of fused-ring (bicyclic) bond motifs is 1. The molecule has 0 aliphatic heterocycles. The zero-order chi connectivity index (χ0) is 6.97. The summed E-state index contributed by atoms with van der Waals surface area (Å²) in [5, 5.41) is 0. The Balaban J connectivity index is 0.000000605. The van der Waals surface area contributed by atoms with Crippen LogP contribution in [0, 0.1) is 0 Å². The molecule has 64 valence electrons. The van der Waals surface area contributed by atoms with E-state index in [0.29, 0.717) is 0 Å². The molecule has 0 atom stereocenters. The summed E-state index contributed by atoms with van der Waals surface area (Å²) in [5.74, 6) is 0. The molecule has 1 nitrogen and oxygen atoms in total. The van der Waals surface area contributed by atoms with E-state index in [4.69, 9.17) is 0 Å². The molecule has 1 heterocycles. The molecule has 0 aliphatic rings. The predicted octanol–water partition coefficient (Wildman–Crippen LogP) is 2.25. The van der Waals surface area contributed by atoms with Gasteiger partial charge in [-0.1, -0.05) is 12.1 Å². The third kappa shape index (κ3) is 2.61. The van der Waals surface area contributed by atoms with Crippen LogP contribution in [-0.4, -0.2) is 28.9 Å². The van der Waals surface area contributed by atoms with Crippen LogP contribution >= 0.6 is 40.9 Å². The number of hydrogen-bond donors (Lipinski definition) is 1. The Labute approximate surface area is 108 Å². The van der Waals surface area contributed by atoms with Crippen LogP contribution < -0.4 is 0 Å². The van der Waals surface area contributed by atoms with Gasteiger partial charge in [0, 0.05) is 0 Å². The summed E-state index contributed by atoms with van der Waals surface area (Å²) in [7, 11) is 0. The molecule has 0 fully saturated rings. The molecule has 0 amide bonds. The third-order valence-electron chi connectivity index (χ3n) is 1.28. The van der Waals surface area contributed by atoms with E-state index in [0.717, 1.165) is 9.86 Å². The van der Waals surface area contributed by atoms with E-state index in [1.54, 1.807) is 11.3 Å². The molecule has 1 aromatic heterocycles. The molecule has 5 heteroatoms. The van der Waals surface area contributed by atoms with Crippen molar-refractivity contribution in [3.63, 3.8) is 0 Å². The molecule has 1 aromatic carbocycles. The Morgan fingerprint density at radius 3 is 2.58 bits per heavy atom. The van der Waals surface area contributed by atoms with Crippen LogP contribution in [-0.2, 0) is 0 Å². The number of para-hydroxylation sites is 1. The quantitative estimate of drug-likeness (QED) is 0.556. The Kier molecular flexibility index (Phi) is 5.80. The van der Waals surface area contributed by atoms with Crippen molar-refractivity contribution in [2.24, 2.45) is 0 Å². The van der Waals surface area contributed by atoms with Crippen molar-refractivity contribution in [1.82, 2.24) is 4.98 Å². The van der Waals surface area contributed by atoms with Crippen LogP contribution in [0.15, 0.2) is 28.6 Å². The van der Waals surface area contributed by atoms with E-state index in [1.165, 1.54) is 4.70 Å². The summed E-state index contributed by atoms with van der Waals surface area (Å²) in [5.41, 5.74) is 1.04. The summed E-state index contributed by atoms with van der Waals surface area (Å²) in [4.78, 5) is 4.20. The first-order valence-corrected chi connectivity index (χ1v) is 4.17. The predicted molar refractivity (Wildman–Crippen MR) is 65.7 cm³/mol. The number of halogens is 1. The Morgan fingerprint density at radius 1 is 1.25 bits per heavy atom. The van der Waals surface area contributed by atoms with Crippen LogP contribution in [0.4, 0.5) is 0 Å². The number of nitrogens with zero attached hydrogens (tertiary/aromatic N) is 1. The van der Waals surface area contributed by atoms with E-state index >= 15 is 0 Å². The molecular formula is C7H8BrNS2Sn. The van der Waals surface area contributed by atoms with Gasteiger partial charge in [-0.3, -0.25) is 0 Å². The van der Waals surface area contributed by atoms with Gasteiger partial charge in [-0.05, 0) is 12.1 Å². The molecule has 0 aliphatic carbocycles. The van der Waals surface area contributed by atoms with Gasteiger partial charge in [0.05, 0.1) is 10.2 Å². The average molecular weight is 369 g/mol. The van der Waals surface area contributed by atoms with Gasteiger partial charge in [-0.15, -0.1) is 40.9 Å². The van der Waals surface area contributed by atoms with Gasteiger partial charge in [0.1, 0.15) is 4.34 Å². The fourth-order valence-corrected chi connectivity index (χ4v) is 1.97. The first kappa shape index (κ1) is 12.7. The van der Waals surface area contributed by atoms with Crippen LogP contribution in [0.5, 0.6) is 0 Å². The minimum absolute atomic E-state index is 0. The van der Waals surface area contributed by atoms with E-state index in [9.17, 15) is 0 Å². The Morgan fingerprint density at radius 2 is 1.92 bits per heavy atom. The summed E-state index contributed by atoms with van der Waals surface area (Å²) in [6.45, 7) is 0. The van der Waals surface area contributed by atoms with Crippen LogP contribution in [0.3, 0.4) is 0 Å². The topological polar surface area (TPSA) is 12.9 Å². The van der Waals surface area contributed by atoms with Gasteiger partial charge >= 0.3 is 23.9 Å². The van der Waals surface area contributed by atoms with Crippen LogP contribution in [0.1, 0.15) is 0 Å². The van der Waals surface area contributed by atoms with E-state index in [2.05, 4.69) is 17.6 Å². The number of thiol groups is 1. The molecule has 2 radical (unpaired) electrons. The average Bonchev–Trinajstić information content (AvgIpc) is 2.27. The van der Waals surface area contributed by atoms with Crippen molar-refractivity contribution < 1.29 is 0 Å². The zero-order valence-electron chi connectivity index (χ0n) is 6.23. The van der Waals surface area contributed by atoms with Crippen molar-refractivity contribution in [2.75, 3.05) is 0 Å². The van der Waals surface area contributed by atoms with Gasteiger partial charge in [-0.2, -0.15) is 0 Å². The number of aromatic nitrogens is 1. The molecule has 2 rings (SSSR count). The molecule has 0 spiro atoms. The number of hydrogen-bond acceptors (Lipinski definition) is 3. The molecule has 0 saturated heterocycles. The maximum atomic E-state index is 4.20. The van der Waals surface area contributed by atoms with Gasteiger partial charge in [-0.25, -0.2) is 4.98 Å². The maximum absolute atomic E-state index is 4.20. The summed E-state index contributed by atoms with van der Waals surface area (Å²) < 4.78 is 2.04. The third-order valence-corrected chi connectivity index (χ3v) is 2.50. The van der Waals surface area contributed by atoms with Crippen molar-refractivity contribution in [2.45, 2.75) is 4.34 Å². The summed E-state index contributed by atoms with van der Waals surface area (Å²) >= 11 is 5.76. The number of thiazole rings is 1. The van der Waals surface area contributed by atoms with Gasteiger partial charge in [0.2, 0.25) is 0 Å². The fourth-order valence-electron chi connectivity index (χ4n) is 0.860. The van der Waals surface area contributed by atoms with E-state index in [-0.39, 0.29) is 40.9 Å².